The van der Waals surface area contributed by atoms with Crippen molar-refractivity contribution in [3.63, 3.8) is 0 Å². The molecule has 4 aromatic carbocycles. The molecule has 10 heteroatoms. The van der Waals surface area contributed by atoms with Gasteiger partial charge in [-0.15, -0.1) is 0 Å². The average molecular weight is 529 g/mol. The topological polar surface area (TPSA) is 104 Å². The van der Waals surface area contributed by atoms with Crippen molar-refractivity contribution in [1.82, 2.24) is 0 Å². The Bertz CT molecular complexity index is 1520. The standard InChI is InChI=1S/C25H18Cl2N2O5S/c26-17-12-18(27)14-21(13-17)35(33,34)29(15-24(30)31)20-9-10-22-16(11-20)5-4-8-23(22)25(32)28-19-6-2-1-3-7-19/h1-14H,15H2,(H,28,32)(H,30,31). The fraction of sp³-hybridized carbons (Fsp3) is 0.0400. The van der Waals surface area contributed by atoms with E-state index in [2.05, 4.69) is 5.32 Å². The van der Waals surface area contributed by atoms with E-state index >= 15 is 0 Å². The molecule has 0 heterocycles. The molecule has 4 aromatic rings. The van der Waals surface area contributed by atoms with E-state index < -0.39 is 22.5 Å². The molecule has 0 aliphatic carbocycles. The zero-order valence-electron chi connectivity index (χ0n) is 18.0. The first-order valence-corrected chi connectivity index (χ1v) is 12.4. The number of carbonyl (C=O) groups is 2. The van der Waals surface area contributed by atoms with E-state index in [9.17, 15) is 23.1 Å². The van der Waals surface area contributed by atoms with Crippen molar-refractivity contribution in [2.75, 3.05) is 16.2 Å². The van der Waals surface area contributed by atoms with Crippen molar-refractivity contribution in [3.05, 3.63) is 101 Å². The molecule has 0 fully saturated rings. The molecule has 0 radical (unpaired) electrons. The third-order valence-electron chi connectivity index (χ3n) is 5.13. The number of hydrogen-bond donors (Lipinski definition) is 2. The van der Waals surface area contributed by atoms with Crippen LogP contribution in [0.4, 0.5) is 11.4 Å². The Balaban J connectivity index is 1.76. The Labute approximate surface area is 211 Å². The van der Waals surface area contributed by atoms with Gasteiger partial charge in [0.15, 0.2) is 0 Å². The highest BCUT2D eigenvalue weighted by Gasteiger charge is 2.28. The highest BCUT2D eigenvalue weighted by molar-refractivity contribution is 7.92. The summed E-state index contributed by atoms with van der Waals surface area (Å²) in [6, 6.07) is 22.3. The summed E-state index contributed by atoms with van der Waals surface area (Å²) in [6.07, 6.45) is 0. The number of carboxylic acids is 1. The van der Waals surface area contributed by atoms with Gasteiger partial charge in [-0.2, -0.15) is 0 Å². The van der Waals surface area contributed by atoms with Crippen LogP contribution in [0.25, 0.3) is 10.8 Å². The molecule has 0 saturated carbocycles. The van der Waals surface area contributed by atoms with Gasteiger partial charge in [0.25, 0.3) is 15.9 Å². The van der Waals surface area contributed by atoms with Crippen molar-refractivity contribution in [1.29, 1.82) is 0 Å². The summed E-state index contributed by atoms with van der Waals surface area (Å²) in [4.78, 5) is 24.2. The summed E-state index contributed by atoms with van der Waals surface area (Å²) in [5.74, 6) is -1.68. The number of fused-ring (bicyclic) bond motifs is 1. The SMILES string of the molecule is O=C(O)CN(c1ccc2c(C(=O)Nc3ccccc3)cccc2c1)S(=O)(=O)c1cc(Cl)cc(Cl)c1. The maximum Gasteiger partial charge on any atom is 0.324 e. The summed E-state index contributed by atoms with van der Waals surface area (Å²) in [5.41, 5.74) is 1.12. The van der Waals surface area contributed by atoms with Gasteiger partial charge in [0.05, 0.1) is 10.6 Å². The molecule has 0 saturated heterocycles. The van der Waals surface area contributed by atoms with Crippen molar-refractivity contribution < 1.29 is 23.1 Å². The van der Waals surface area contributed by atoms with E-state index in [0.29, 0.717) is 22.0 Å². The predicted molar refractivity (Wildman–Crippen MR) is 137 cm³/mol. The number of benzene rings is 4. The summed E-state index contributed by atoms with van der Waals surface area (Å²) in [5, 5.41) is 13.6. The lowest BCUT2D eigenvalue weighted by molar-refractivity contribution is -0.135. The number of carbonyl (C=O) groups excluding carboxylic acids is 1. The van der Waals surface area contributed by atoms with Crippen LogP contribution < -0.4 is 9.62 Å². The van der Waals surface area contributed by atoms with E-state index in [0.717, 1.165) is 4.31 Å². The fourth-order valence-corrected chi connectivity index (χ4v) is 5.72. The molecular formula is C25H18Cl2N2O5S. The molecule has 0 aromatic heterocycles. The van der Waals surface area contributed by atoms with Gasteiger partial charge in [0, 0.05) is 21.3 Å². The van der Waals surface area contributed by atoms with Gasteiger partial charge in [0.1, 0.15) is 6.54 Å². The third-order valence-corrected chi connectivity index (χ3v) is 7.32. The number of sulfonamides is 1. The van der Waals surface area contributed by atoms with Crippen molar-refractivity contribution in [2.24, 2.45) is 0 Å². The van der Waals surface area contributed by atoms with Gasteiger partial charge in [0.2, 0.25) is 0 Å². The number of carboxylic acid groups (broad SMARTS) is 1. The predicted octanol–water partition coefficient (Wildman–Crippen LogP) is 5.68. The number of nitrogens with one attached hydrogen (secondary N) is 1. The Kier molecular flexibility index (Phi) is 6.98. The summed E-state index contributed by atoms with van der Waals surface area (Å²) >= 11 is 11.9. The van der Waals surface area contributed by atoms with Crippen molar-refractivity contribution >= 4 is 67.2 Å². The smallest absolute Gasteiger partial charge is 0.324 e. The first-order chi connectivity index (χ1) is 16.6. The number of amides is 1. The summed E-state index contributed by atoms with van der Waals surface area (Å²) in [7, 11) is -4.33. The molecule has 178 valence electrons. The molecule has 0 aliphatic rings. The maximum absolute atomic E-state index is 13.4. The van der Waals surface area contributed by atoms with Crippen LogP contribution in [0.15, 0.2) is 89.8 Å². The number of aliphatic carboxylic acids is 1. The van der Waals surface area contributed by atoms with E-state index in [-0.39, 0.29) is 26.5 Å². The van der Waals surface area contributed by atoms with E-state index in [1.165, 1.54) is 30.3 Å². The Morgan fingerprint density at radius 1 is 0.857 bits per heavy atom. The van der Waals surface area contributed by atoms with Gasteiger partial charge in [-0.1, -0.05) is 59.6 Å². The molecule has 7 nitrogen and oxygen atoms in total. The first kappa shape index (κ1) is 24.5. The van der Waals surface area contributed by atoms with Crippen LogP contribution in [0.5, 0.6) is 0 Å². The van der Waals surface area contributed by atoms with Crippen LogP contribution in [0.1, 0.15) is 10.4 Å². The quantitative estimate of drug-likeness (QED) is 0.321. The minimum absolute atomic E-state index is 0.0962. The Hall–Kier alpha value is -3.59. The zero-order chi connectivity index (χ0) is 25.2. The van der Waals surface area contributed by atoms with E-state index in [1.807, 2.05) is 6.07 Å². The number of nitrogens with zero attached hydrogens (tertiary/aromatic N) is 1. The Morgan fingerprint density at radius 2 is 1.54 bits per heavy atom. The number of halogens is 2. The zero-order valence-corrected chi connectivity index (χ0v) is 20.3. The molecule has 0 spiro atoms. The number of para-hydroxylation sites is 1. The summed E-state index contributed by atoms with van der Waals surface area (Å²) < 4.78 is 27.5. The van der Waals surface area contributed by atoms with Gasteiger partial charge in [-0.3, -0.25) is 13.9 Å². The van der Waals surface area contributed by atoms with Crippen LogP contribution in [0.3, 0.4) is 0 Å². The molecule has 0 aliphatic heterocycles. The molecule has 35 heavy (non-hydrogen) atoms. The minimum Gasteiger partial charge on any atom is -0.480 e. The van der Waals surface area contributed by atoms with Gasteiger partial charge in [-0.25, -0.2) is 8.42 Å². The molecule has 4 rings (SSSR count). The second kappa shape index (κ2) is 9.95. The highest BCUT2D eigenvalue weighted by atomic mass is 35.5. The molecule has 0 atom stereocenters. The van der Waals surface area contributed by atoms with Gasteiger partial charge in [-0.05, 0) is 59.3 Å². The summed E-state index contributed by atoms with van der Waals surface area (Å²) in [6.45, 7) is -0.827. The normalized spacial score (nSPS) is 11.3. The maximum atomic E-state index is 13.4. The monoisotopic (exact) mass is 528 g/mol. The fourth-order valence-electron chi connectivity index (χ4n) is 3.59. The third kappa shape index (κ3) is 5.40. The van der Waals surface area contributed by atoms with Crippen molar-refractivity contribution in [2.45, 2.75) is 4.90 Å². The number of anilines is 2. The second-order valence-corrected chi connectivity index (χ2v) is 10.3. The van der Waals surface area contributed by atoms with Gasteiger partial charge >= 0.3 is 5.97 Å². The van der Waals surface area contributed by atoms with Crippen molar-refractivity contribution in [3.8, 4) is 0 Å². The number of hydrogen-bond acceptors (Lipinski definition) is 4. The minimum atomic E-state index is -4.33. The van der Waals surface area contributed by atoms with Crippen LogP contribution in [-0.4, -0.2) is 31.9 Å². The Morgan fingerprint density at radius 3 is 2.20 bits per heavy atom. The average Bonchev–Trinajstić information content (AvgIpc) is 2.81. The molecule has 2 N–H and O–H groups in total. The van der Waals surface area contributed by atoms with Crippen LogP contribution >= 0.6 is 23.2 Å². The van der Waals surface area contributed by atoms with E-state index in [1.54, 1.807) is 48.5 Å². The first-order valence-electron chi connectivity index (χ1n) is 10.2. The lowest BCUT2D eigenvalue weighted by Gasteiger charge is -2.23. The largest absolute Gasteiger partial charge is 0.480 e. The molecular weight excluding hydrogens is 511 g/mol. The number of rotatable bonds is 7. The highest BCUT2D eigenvalue weighted by Crippen LogP contribution is 2.31. The molecule has 0 unspecified atom stereocenters. The lowest BCUT2D eigenvalue weighted by atomic mass is 10.0. The van der Waals surface area contributed by atoms with Crippen LogP contribution in [-0.2, 0) is 14.8 Å². The van der Waals surface area contributed by atoms with E-state index in [4.69, 9.17) is 23.2 Å². The van der Waals surface area contributed by atoms with Gasteiger partial charge < -0.3 is 10.4 Å². The van der Waals surface area contributed by atoms with Crippen LogP contribution in [0, 0.1) is 0 Å². The molecule has 1 amide bonds. The van der Waals surface area contributed by atoms with Crippen LogP contribution in [0.2, 0.25) is 10.0 Å². The molecule has 0 bridgehead atoms. The second-order valence-electron chi connectivity index (χ2n) is 7.54. The lowest BCUT2D eigenvalue weighted by Crippen LogP contribution is -2.35.